The predicted octanol–water partition coefficient (Wildman–Crippen LogP) is 7.56. The topological polar surface area (TPSA) is 87.5 Å². The van der Waals surface area contributed by atoms with Gasteiger partial charge in [0.25, 0.3) is 0 Å². The van der Waals surface area contributed by atoms with Gasteiger partial charge in [0.05, 0.1) is 35.4 Å². The molecule has 2 unspecified atom stereocenters. The highest BCUT2D eigenvalue weighted by Crippen LogP contribution is 2.62. The van der Waals surface area contributed by atoms with Gasteiger partial charge in [-0.15, -0.1) is 0 Å². The molecule has 7 rings (SSSR count). The van der Waals surface area contributed by atoms with E-state index in [0.29, 0.717) is 56.4 Å². The molecule has 258 valence electrons. The summed E-state index contributed by atoms with van der Waals surface area (Å²) in [6.45, 7) is 4.04. The number of carbonyl (C=O) groups is 1. The first kappa shape index (κ1) is 34.3. The number of amides is 1. The Labute approximate surface area is 273 Å². The van der Waals surface area contributed by atoms with Crippen molar-refractivity contribution in [1.82, 2.24) is 4.90 Å². The monoisotopic (exact) mass is 698 g/mol. The van der Waals surface area contributed by atoms with E-state index < -0.39 is 49.6 Å². The van der Waals surface area contributed by atoms with Gasteiger partial charge in [0, 0.05) is 22.9 Å². The summed E-state index contributed by atoms with van der Waals surface area (Å²) in [5.74, 6) is 0.436. The quantitative estimate of drug-likeness (QED) is 0.230. The van der Waals surface area contributed by atoms with Crippen molar-refractivity contribution < 1.29 is 48.7 Å². The van der Waals surface area contributed by atoms with Crippen LogP contribution in [0.25, 0.3) is 0 Å². The Kier molecular flexibility index (Phi) is 7.82. The maximum atomic E-state index is 15.1. The van der Waals surface area contributed by atoms with Crippen LogP contribution < -0.4 is 0 Å². The Balaban J connectivity index is 1.46. The molecule has 1 aliphatic heterocycles. The lowest BCUT2D eigenvalue weighted by atomic mass is 9.52. The van der Waals surface area contributed by atoms with E-state index >= 15 is 4.39 Å². The third kappa shape index (κ3) is 4.55. The third-order valence-corrected chi connectivity index (χ3v) is 14.2. The zero-order valence-electron chi connectivity index (χ0n) is 26.0. The molecule has 4 fully saturated rings. The van der Waals surface area contributed by atoms with E-state index in [2.05, 4.69) is 6.58 Å². The second-order valence-corrected chi connectivity index (χ2v) is 15.8. The van der Waals surface area contributed by atoms with Gasteiger partial charge in [-0.05, 0) is 93.2 Å². The normalized spacial score (nSPS) is 28.7. The number of alkyl halides is 7. The highest BCUT2D eigenvalue weighted by atomic mass is 32.2. The molecule has 4 aliphatic carbocycles. The van der Waals surface area contributed by atoms with Gasteiger partial charge < -0.3 is 9.64 Å². The molecule has 1 amide bonds. The molecule has 14 heteroatoms. The molecule has 0 N–H and O–H groups in total. The highest BCUT2D eigenvalue weighted by Gasteiger charge is 2.74. The molecule has 48 heavy (non-hydrogen) atoms. The molecular weight excluding hydrogens is 665 g/mol. The number of fused-ring (bicyclic) bond motifs is 6. The number of aryl methyl sites for hydroxylation is 1. The van der Waals surface area contributed by atoms with Crippen LogP contribution in [0.15, 0.2) is 59.7 Å². The predicted molar refractivity (Wildman–Crippen MR) is 159 cm³/mol. The van der Waals surface area contributed by atoms with Crippen LogP contribution in [0.3, 0.4) is 0 Å². The van der Waals surface area contributed by atoms with Crippen molar-refractivity contribution in [2.45, 2.75) is 91.5 Å². The summed E-state index contributed by atoms with van der Waals surface area (Å²) in [7, 11) is -2.96. The molecule has 2 aromatic carbocycles. The van der Waals surface area contributed by atoms with E-state index in [1.165, 1.54) is 24.3 Å². The molecule has 2 aromatic rings. The van der Waals surface area contributed by atoms with Gasteiger partial charge in [-0.1, -0.05) is 24.8 Å². The van der Waals surface area contributed by atoms with Crippen LogP contribution >= 0.6 is 0 Å². The zero-order chi connectivity index (χ0) is 35.1. The van der Waals surface area contributed by atoms with Crippen LogP contribution in [0.2, 0.25) is 0 Å². The van der Waals surface area contributed by atoms with Crippen molar-refractivity contribution in [2.75, 3.05) is 13.7 Å². The summed E-state index contributed by atoms with van der Waals surface area (Å²) >= 11 is 0. The van der Waals surface area contributed by atoms with Crippen LogP contribution in [-0.4, -0.2) is 51.3 Å². The number of nitrogens with zero attached hydrogens (tertiary/aromatic N) is 2. The molecular formula is C34H33F7N2O4S. The fourth-order valence-corrected chi connectivity index (χ4v) is 11.2. The largest absolute Gasteiger partial charge is 0.501 e. The smallest absolute Gasteiger partial charge is 0.435 e. The van der Waals surface area contributed by atoms with Crippen LogP contribution in [0.1, 0.15) is 73.6 Å². The standard InChI is InChI=1S/C34H33F7N2O4S/c1-21(47-2)29-11-14-30(15-12-29,16-13-29)28(44)43-18-17-31(48(45,46)25-7-3-22(20-42)4-8-25)26-9-6-24(19-23(26)5-10-27(31)43)32(35,33(36,37)38)34(39,40)41/h3-4,6-9,19,27H,1,5,10-18H2,2H3. The molecule has 5 aliphatic rings. The van der Waals surface area contributed by atoms with Crippen LogP contribution in [-0.2, 0) is 36.2 Å². The van der Waals surface area contributed by atoms with Crippen molar-refractivity contribution in [2.24, 2.45) is 10.8 Å². The number of allylic oxidation sites excluding steroid dienone is 1. The maximum absolute atomic E-state index is 15.1. The summed E-state index contributed by atoms with van der Waals surface area (Å²) in [5, 5.41) is 9.25. The lowest BCUT2D eigenvalue weighted by Crippen LogP contribution is -2.57. The molecule has 0 radical (unpaired) electrons. The Morgan fingerprint density at radius 2 is 1.48 bits per heavy atom. The second-order valence-electron chi connectivity index (χ2n) is 13.5. The molecule has 1 saturated heterocycles. The number of carbonyl (C=O) groups excluding carboxylic acids is 1. The number of sulfone groups is 1. The summed E-state index contributed by atoms with van der Waals surface area (Å²) in [6, 6.07) is 7.58. The fraction of sp³-hybridized carbons (Fsp3) is 0.529. The van der Waals surface area contributed by atoms with Gasteiger partial charge in [-0.3, -0.25) is 4.79 Å². The number of hydrogen-bond donors (Lipinski definition) is 0. The number of halogens is 7. The number of rotatable bonds is 6. The zero-order valence-corrected chi connectivity index (χ0v) is 26.8. The summed E-state index contributed by atoms with van der Waals surface area (Å²) in [5.41, 5.74) is -8.45. The van der Waals surface area contributed by atoms with E-state index in [1.807, 2.05) is 6.07 Å². The molecule has 6 nitrogen and oxygen atoms in total. The van der Waals surface area contributed by atoms with Gasteiger partial charge >= 0.3 is 18.0 Å². The molecule has 2 atom stereocenters. The van der Waals surface area contributed by atoms with Crippen LogP contribution in [0.4, 0.5) is 30.7 Å². The number of hydrogen-bond acceptors (Lipinski definition) is 5. The summed E-state index contributed by atoms with van der Waals surface area (Å²) in [4.78, 5) is 15.9. The maximum Gasteiger partial charge on any atom is 0.435 e. The summed E-state index contributed by atoms with van der Waals surface area (Å²) in [6.07, 6.45) is -9.57. The Morgan fingerprint density at radius 1 is 0.917 bits per heavy atom. The lowest BCUT2D eigenvalue weighted by molar-refractivity contribution is -0.348. The Hall–Kier alpha value is -3.60. The highest BCUT2D eigenvalue weighted by molar-refractivity contribution is 7.92. The average molecular weight is 699 g/mol. The van der Waals surface area contributed by atoms with Crippen molar-refractivity contribution in [3.05, 3.63) is 77.1 Å². The molecule has 2 bridgehead atoms. The van der Waals surface area contributed by atoms with Gasteiger partial charge in [0.1, 0.15) is 4.75 Å². The number of benzene rings is 2. The number of ether oxygens (including phenoxy) is 1. The second kappa shape index (κ2) is 11.0. The Bertz CT molecular complexity index is 1780. The average Bonchev–Trinajstić information content (AvgIpc) is 3.48. The van der Waals surface area contributed by atoms with E-state index in [0.717, 1.165) is 6.07 Å². The molecule has 0 aromatic heterocycles. The lowest BCUT2D eigenvalue weighted by Gasteiger charge is -2.54. The first-order chi connectivity index (χ1) is 22.3. The van der Waals surface area contributed by atoms with Gasteiger partial charge in [-0.25, -0.2) is 12.8 Å². The van der Waals surface area contributed by atoms with Gasteiger partial charge in [-0.2, -0.15) is 31.6 Å². The minimum Gasteiger partial charge on any atom is -0.501 e. The number of likely N-dealkylation sites (tertiary alicyclic amines) is 1. The SMILES string of the molecule is C=C(OC)C12CCC(C(=O)N3CCC4(S(=O)(=O)c5ccc(C#N)cc5)c5ccc(C(F)(C(F)(F)F)C(F)(F)F)cc5CCC34)(CC1)CC2. The van der Waals surface area contributed by atoms with Crippen molar-refractivity contribution in [3.8, 4) is 6.07 Å². The summed E-state index contributed by atoms with van der Waals surface area (Å²) < 4.78 is 130. The van der Waals surface area contributed by atoms with Crippen molar-refractivity contribution >= 4 is 15.7 Å². The first-order valence-electron chi connectivity index (χ1n) is 15.6. The Morgan fingerprint density at radius 3 is 2.00 bits per heavy atom. The van der Waals surface area contributed by atoms with E-state index in [-0.39, 0.29) is 58.7 Å². The van der Waals surface area contributed by atoms with Crippen molar-refractivity contribution in [1.29, 1.82) is 5.26 Å². The minimum absolute atomic E-state index is 0.0178. The number of methoxy groups -OCH3 is 1. The van der Waals surface area contributed by atoms with Crippen molar-refractivity contribution in [3.63, 3.8) is 0 Å². The number of nitriles is 1. The van der Waals surface area contributed by atoms with E-state index in [9.17, 15) is 44.8 Å². The molecule has 1 heterocycles. The van der Waals surface area contributed by atoms with Gasteiger partial charge in [0.15, 0.2) is 9.84 Å². The third-order valence-electron chi connectivity index (χ3n) is 11.6. The first-order valence-corrected chi connectivity index (χ1v) is 17.1. The molecule has 3 saturated carbocycles. The van der Waals surface area contributed by atoms with Gasteiger partial charge in [0.2, 0.25) is 5.91 Å². The van der Waals surface area contributed by atoms with Crippen LogP contribution in [0.5, 0.6) is 0 Å². The molecule has 0 spiro atoms. The van der Waals surface area contributed by atoms with E-state index in [1.54, 1.807) is 12.0 Å². The fourth-order valence-electron chi connectivity index (χ4n) is 8.84. The van der Waals surface area contributed by atoms with Crippen LogP contribution in [0, 0.1) is 22.2 Å². The van der Waals surface area contributed by atoms with E-state index in [4.69, 9.17) is 4.74 Å². The minimum atomic E-state index is -6.34.